The molecule has 1 saturated carbocycles. The fraction of sp³-hybridized carbons (Fsp3) is 0.941. The number of piperidine rings is 1. The second-order valence-electron chi connectivity index (χ2n) is 7.05. The maximum absolute atomic E-state index is 11.9. The number of hydrogen-bond donors (Lipinski definition) is 3. The van der Waals surface area contributed by atoms with Gasteiger partial charge in [0.25, 0.3) is 0 Å². The van der Waals surface area contributed by atoms with Gasteiger partial charge >= 0.3 is 6.03 Å². The van der Waals surface area contributed by atoms with Crippen LogP contribution in [0.5, 0.6) is 0 Å². The second kappa shape index (κ2) is 9.45. The smallest absolute Gasteiger partial charge is 0.315 e. The number of aliphatic hydroxyl groups excluding tert-OH is 1. The number of urea groups is 1. The summed E-state index contributed by atoms with van der Waals surface area (Å²) in [6.07, 6.45) is 6.35. The van der Waals surface area contributed by atoms with E-state index in [4.69, 9.17) is 4.74 Å². The molecule has 2 rings (SSSR count). The Hall–Kier alpha value is -0.850. The number of nitrogens with zero attached hydrogens (tertiary/aromatic N) is 1. The minimum Gasteiger partial charge on any atom is -0.391 e. The van der Waals surface area contributed by atoms with Crippen molar-refractivity contribution in [2.24, 2.45) is 0 Å². The highest BCUT2D eigenvalue weighted by atomic mass is 16.5. The van der Waals surface area contributed by atoms with Gasteiger partial charge in [0, 0.05) is 31.7 Å². The molecule has 0 radical (unpaired) electrons. The van der Waals surface area contributed by atoms with E-state index in [9.17, 15) is 9.90 Å². The Morgan fingerprint density at radius 2 is 1.91 bits per heavy atom. The molecule has 2 aliphatic rings. The molecule has 1 saturated heterocycles. The van der Waals surface area contributed by atoms with Crippen LogP contribution in [0, 0.1) is 0 Å². The summed E-state index contributed by atoms with van der Waals surface area (Å²) in [5.41, 5.74) is 0. The SMILES string of the molecule is CC(C)OCCNC(=O)NC1CCN(C2CCCCC2O)CC1. The predicted octanol–water partition coefficient (Wildman–Crippen LogP) is 1.48. The van der Waals surface area contributed by atoms with Crippen LogP contribution in [0.1, 0.15) is 52.4 Å². The summed E-state index contributed by atoms with van der Waals surface area (Å²) >= 11 is 0. The summed E-state index contributed by atoms with van der Waals surface area (Å²) < 4.78 is 5.40. The van der Waals surface area contributed by atoms with Gasteiger partial charge in [0.05, 0.1) is 18.8 Å². The number of nitrogens with one attached hydrogen (secondary N) is 2. The van der Waals surface area contributed by atoms with Crippen molar-refractivity contribution >= 4 is 6.03 Å². The zero-order chi connectivity index (χ0) is 16.7. The maximum atomic E-state index is 11.9. The first-order chi connectivity index (χ1) is 11.1. The Morgan fingerprint density at radius 1 is 1.22 bits per heavy atom. The van der Waals surface area contributed by atoms with Crippen LogP contribution in [-0.4, -0.2) is 66.6 Å². The average Bonchev–Trinajstić information content (AvgIpc) is 2.53. The lowest BCUT2D eigenvalue weighted by molar-refractivity contribution is 0.00775. The molecule has 2 atom stereocenters. The normalized spacial score (nSPS) is 27.1. The lowest BCUT2D eigenvalue weighted by Gasteiger charge is -2.41. The topological polar surface area (TPSA) is 73.8 Å². The fourth-order valence-corrected chi connectivity index (χ4v) is 3.59. The van der Waals surface area contributed by atoms with Crippen LogP contribution in [0.4, 0.5) is 4.79 Å². The number of amides is 2. The highest BCUT2D eigenvalue weighted by molar-refractivity contribution is 5.74. The zero-order valence-corrected chi connectivity index (χ0v) is 14.6. The van der Waals surface area contributed by atoms with Crippen LogP contribution in [0.2, 0.25) is 0 Å². The highest BCUT2D eigenvalue weighted by Gasteiger charge is 2.31. The lowest BCUT2D eigenvalue weighted by Crippen LogP contribution is -2.53. The number of carbonyl (C=O) groups excluding carboxylic acids is 1. The molecule has 6 nitrogen and oxygen atoms in total. The molecule has 6 heteroatoms. The number of ether oxygens (including phenoxy) is 1. The summed E-state index contributed by atoms with van der Waals surface area (Å²) in [6.45, 7) is 6.97. The Balaban J connectivity index is 1.61. The van der Waals surface area contributed by atoms with Crippen molar-refractivity contribution in [2.45, 2.75) is 76.7 Å². The summed E-state index contributed by atoms with van der Waals surface area (Å²) in [6, 6.07) is 0.457. The molecule has 3 N–H and O–H groups in total. The van der Waals surface area contributed by atoms with Crippen LogP contribution in [-0.2, 0) is 4.74 Å². The molecule has 134 valence electrons. The number of carbonyl (C=O) groups is 1. The molecule has 2 fully saturated rings. The molecule has 0 bridgehead atoms. The molecule has 2 unspecified atom stereocenters. The van der Waals surface area contributed by atoms with Crippen LogP contribution in [0.25, 0.3) is 0 Å². The van der Waals surface area contributed by atoms with E-state index in [2.05, 4.69) is 15.5 Å². The third-order valence-electron chi connectivity index (χ3n) is 4.87. The number of hydrogen-bond acceptors (Lipinski definition) is 4. The van der Waals surface area contributed by atoms with Gasteiger partial charge in [-0.25, -0.2) is 4.79 Å². The summed E-state index contributed by atoms with van der Waals surface area (Å²) in [5, 5.41) is 16.0. The van der Waals surface area contributed by atoms with Gasteiger partial charge in [0.15, 0.2) is 0 Å². The fourth-order valence-electron chi connectivity index (χ4n) is 3.59. The second-order valence-corrected chi connectivity index (χ2v) is 7.05. The molecular formula is C17H33N3O3. The van der Waals surface area contributed by atoms with Gasteiger partial charge < -0.3 is 20.5 Å². The minimum absolute atomic E-state index is 0.103. The van der Waals surface area contributed by atoms with Crippen molar-refractivity contribution < 1.29 is 14.6 Å². The van der Waals surface area contributed by atoms with E-state index in [1.807, 2.05) is 13.8 Å². The molecule has 0 aromatic rings. The van der Waals surface area contributed by atoms with E-state index >= 15 is 0 Å². The molecule has 2 amide bonds. The first-order valence-electron chi connectivity index (χ1n) is 9.14. The number of aliphatic hydroxyl groups is 1. The third kappa shape index (κ3) is 6.28. The monoisotopic (exact) mass is 327 g/mol. The van der Waals surface area contributed by atoms with Gasteiger partial charge in [0.2, 0.25) is 0 Å². The highest BCUT2D eigenvalue weighted by Crippen LogP contribution is 2.25. The molecule has 1 heterocycles. The molecule has 0 aromatic carbocycles. The van der Waals surface area contributed by atoms with E-state index in [1.165, 1.54) is 6.42 Å². The van der Waals surface area contributed by atoms with Crippen molar-refractivity contribution in [1.29, 1.82) is 0 Å². The van der Waals surface area contributed by atoms with E-state index in [0.29, 0.717) is 19.2 Å². The summed E-state index contributed by atoms with van der Waals surface area (Å²) in [5.74, 6) is 0. The standard InChI is InChI=1S/C17H33N3O3/c1-13(2)23-12-9-18-17(22)19-14-7-10-20(11-8-14)15-5-3-4-6-16(15)21/h13-16,21H,3-12H2,1-2H3,(H2,18,19,22). The minimum atomic E-state index is -0.169. The molecule has 1 aliphatic heterocycles. The van der Waals surface area contributed by atoms with Crippen molar-refractivity contribution in [2.75, 3.05) is 26.2 Å². The quantitative estimate of drug-likeness (QED) is 0.646. The molecule has 0 aromatic heterocycles. The van der Waals surface area contributed by atoms with Gasteiger partial charge in [-0.05, 0) is 39.5 Å². The van der Waals surface area contributed by atoms with Crippen molar-refractivity contribution in [3.05, 3.63) is 0 Å². The predicted molar refractivity (Wildman–Crippen MR) is 90.5 cm³/mol. The zero-order valence-electron chi connectivity index (χ0n) is 14.6. The third-order valence-corrected chi connectivity index (χ3v) is 4.87. The first-order valence-corrected chi connectivity index (χ1v) is 9.14. The van der Waals surface area contributed by atoms with Gasteiger partial charge in [-0.15, -0.1) is 0 Å². The Bertz CT molecular complexity index is 357. The van der Waals surface area contributed by atoms with E-state index in [1.54, 1.807) is 0 Å². The number of rotatable bonds is 6. The van der Waals surface area contributed by atoms with Crippen molar-refractivity contribution in [3.8, 4) is 0 Å². The van der Waals surface area contributed by atoms with Gasteiger partial charge in [-0.3, -0.25) is 4.90 Å². The van der Waals surface area contributed by atoms with E-state index in [0.717, 1.165) is 45.2 Å². The molecular weight excluding hydrogens is 294 g/mol. The lowest BCUT2D eigenvalue weighted by atomic mass is 9.89. The summed E-state index contributed by atoms with van der Waals surface area (Å²) in [7, 11) is 0. The number of likely N-dealkylation sites (tertiary alicyclic amines) is 1. The molecule has 1 aliphatic carbocycles. The van der Waals surface area contributed by atoms with E-state index in [-0.39, 0.29) is 24.3 Å². The van der Waals surface area contributed by atoms with Crippen LogP contribution >= 0.6 is 0 Å². The summed E-state index contributed by atoms with van der Waals surface area (Å²) in [4.78, 5) is 14.3. The van der Waals surface area contributed by atoms with Gasteiger partial charge in [-0.2, -0.15) is 0 Å². The largest absolute Gasteiger partial charge is 0.391 e. The van der Waals surface area contributed by atoms with Crippen LogP contribution < -0.4 is 10.6 Å². The van der Waals surface area contributed by atoms with Crippen LogP contribution in [0.15, 0.2) is 0 Å². The van der Waals surface area contributed by atoms with Gasteiger partial charge in [-0.1, -0.05) is 12.8 Å². The average molecular weight is 327 g/mol. The van der Waals surface area contributed by atoms with Crippen LogP contribution in [0.3, 0.4) is 0 Å². The van der Waals surface area contributed by atoms with Crippen molar-refractivity contribution in [1.82, 2.24) is 15.5 Å². The Kier molecular flexibility index (Phi) is 7.59. The molecule has 0 spiro atoms. The van der Waals surface area contributed by atoms with Crippen molar-refractivity contribution in [3.63, 3.8) is 0 Å². The molecule has 23 heavy (non-hydrogen) atoms. The Morgan fingerprint density at radius 3 is 2.57 bits per heavy atom. The maximum Gasteiger partial charge on any atom is 0.315 e. The Labute approximate surface area is 139 Å². The van der Waals surface area contributed by atoms with Gasteiger partial charge in [0.1, 0.15) is 0 Å². The first kappa shape index (κ1) is 18.5. The van der Waals surface area contributed by atoms with E-state index < -0.39 is 0 Å².